The molecule has 0 aliphatic carbocycles. The molecule has 0 saturated carbocycles. The summed E-state index contributed by atoms with van der Waals surface area (Å²) in [7, 11) is 0.909. The third kappa shape index (κ3) is 14.6. The number of methoxy groups -OCH3 is 1. The zero-order valence-corrected chi connectivity index (χ0v) is 35.0. The Morgan fingerprint density at radius 2 is 0.873 bits per heavy atom. The highest BCUT2D eigenvalue weighted by molar-refractivity contribution is 6.09. The molecule has 0 bridgehead atoms. The standard InChI is InChI=1S/C22H15F6N3O5.C21H12F7N3O4/c1-34-18-14(21(23,24)25)6-7-16(35-12-2-4-13(5-3-12)36-22(26,27)28)17(18)20(33)31-11-8-9-30-15(10-11)19(29)32;22-17-13(20(23,24)25)5-6-15(34-11-1-3-12(4-2-11)35-21(26,27)28)16(17)19(33)31-10-7-8-30-14(9-10)18(29)32/h2-10H,1H3,(H2,29,32)(H,30,31,33);1-9H,(H2,29,32)(H,30,31,33). The lowest BCUT2D eigenvalue weighted by Gasteiger charge is -2.19. The summed E-state index contributed by atoms with van der Waals surface area (Å²) in [6, 6.07) is 14.5. The summed E-state index contributed by atoms with van der Waals surface area (Å²) in [5.41, 5.74) is 4.65. The molecule has 0 unspecified atom stereocenters. The number of ether oxygens (including phenoxy) is 5. The van der Waals surface area contributed by atoms with Crippen molar-refractivity contribution in [1.82, 2.24) is 9.97 Å². The van der Waals surface area contributed by atoms with Gasteiger partial charge in [0.1, 0.15) is 62.8 Å². The molecule has 4 amide bonds. The average Bonchev–Trinajstić information content (AvgIpc) is 3.26. The number of anilines is 2. The van der Waals surface area contributed by atoms with E-state index in [1.165, 1.54) is 6.07 Å². The molecule has 374 valence electrons. The maximum atomic E-state index is 14.9. The van der Waals surface area contributed by atoms with Gasteiger partial charge < -0.3 is 45.8 Å². The molecule has 15 nitrogen and oxygen atoms in total. The Kier molecular flexibility index (Phi) is 15.9. The minimum absolute atomic E-state index is 0.0251. The predicted molar refractivity (Wildman–Crippen MR) is 217 cm³/mol. The van der Waals surface area contributed by atoms with Gasteiger partial charge in [0.05, 0.1) is 18.2 Å². The van der Waals surface area contributed by atoms with Crippen LogP contribution in [0.15, 0.2) is 109 Å². The molecule has 0 aliphatic rings. The number of primary amides is 2. The molecule has 0 atom stereocenters. The molecule has 6 rings (SSSR count). The summed E-state index contributed by atoms with van der Waals surface area (Å²) < 4.78 is 192. The number of halogens is 13. The van der Waals surface area contributed by atoms with E-state index >= 15 is 0 Å². The second kappa shape index (κ2) is 21.2. The van der Waals surface area contributed by atoms with Gasteiger partial charge in [0.2, 0.25) is 0 Å². The highest BCUT2D eigenvalue weighted by Gasteiger charge is 2.39. The molecular weight excluding hydrogens is 991 g/mol. The Balaban J connectivity index is 0.000000264. The number of alkyl halides is 12. The summed E-state index contributed by atoms with van der Waals surface area (Å²) in [6.07, 6.45) is -17.8. The van der Waals surface area contributed by atoms with Crippen molar-refractivity contribution in [1.29, 1.82) is 0 Å². The molecule has 71 heavy (non-hydrogen) atoms. The van der Waals surface area contributed by atoms with Crippen molar-refractivity contribution in [2.75, 3.05) is 17.7 Å². The van der Waals surface area contributed by atoms with Gasteiger partial charge in [-0.1, -0.05) is 0 Å². The van der Waals surface area contributed by atoms with Crippen molar-refractivity contribution in [2.24, 2.45) is 11.5 Å². The van der Waals surface area contributed by atoms with Crippen LogP contribution in [0.4, 0.5) is 68.5 Å². The fourth-order valence-corrected chi connectivity index (χ4v) is 5.72. The van der Waals surface area contributed by atoms with Gasteiger partial charge >= 0.3 is 25.1 Å². The molecular formula is C43H27F13N6O9. The fourth-order valence-electron chi connectivity index (χ4n) is 5.72. The third-order valence-corrected chi connectivity index (χ3v) is 8.60. The zero-order valence-electron chi connectivity index (χ0n) is 35.0. The molecule has 6 N–H and O–H groups in total. The smallest absolute Gasteiger partial charge is 0.495 e. The van der Waals surface area contributed by atoms with E-state index in [4.69, 9.17) is 25.7 Å². The Labute approximate surface area is 388 Å². The Morgan fingerprint density at radius 1 is 0.507 bits per heavy atom. The van der Waals surface area contributed by atoms with Gasteiger partial charge in [-0.3, -0.25) is 29.1 Å². The van der Waals surface area contributed by atoms with E-state index in [0.717, 1.165) is 92.3 Å². The van der Waals surface area contributed by atoms with Crippen LogP contribution in [0.1, 0.15) is 52.8 Å². The molecule has 4 aromatic carbocycles. The van der Waals surface area contributed by atoms with Gasteiger partial charge in [-0.25, -0.2) is 4.39 Å². The van der Waals surface area contributed by atoms with Crippen LogP contribution in [-0.4, -0.2) is 53.4 Å². The number of carbonyl (C=O) groups is 4. The van der Waals surface area contributed by atoms with Gasteiger partial charge in [0, 0.05) is 23.8 Å². The van der Waals surface area contributed by atoms with E-state index in [2.05, 4.69) is 30.1 Å². The Hall–Kier alpha value is -8.85. The van der Waals surface area contributed by atoms with Gasteiger partial charge in [-0.2, -0.15) is 26.3 Å². The zero-order chi connectivity index (χ0) is 52.6. The first-order valence-electron chi connectivity index (χ1n) is 18.9. The summed E-state index contributed by atoms with van der Waals surface area (Å²) in [4.78, 5) is 55.7. The normalized spacial score (nSPS) is 11.6. The van der Waals surface area contributed by atoms with Gasteiger partial charge in [-0.15, -0.1) is 26.3 Å². The lowest BCUT2D eigenvalue weighted by molar-refractivity contribution is -0.275. The molecule has 0 aliphatic heterocycles. The molecule has 0 spiro atoms. The molecule has 0 radical (unpaired) electrons. The van der Waals surface area contributed by atoms with E-state index in [0.29, 0.717) is 18.2 Å². The summed E-state index contributed by atoms with van der Waals surface area (Å²) >= 11 is 0. The number of amides is 4. The molecule has 2 heterocycles. The van der Waals surface area contributed by atoms with Crippen LogP contribution in [0.25, 0.3) is 0 Å². The molecule has 2 aromatic heterocycles. The second-order valence-corrected chi connectivity index (χ2v) is 13.6. The third-order valence-electron chi connectivity index (χ3n) is 8.60. The largest absolute Gasteiger partial charge is 0.573 e. The minimum Gasteiger partial charge on any atom is -0.495 e. The summed E-state index contributed by atoms with van der Waals surface area (Å²) in [6.45, 7) is 0. The van der Waals surface area contributed by atoms with Crippen molar-refractivity contribution in [2.45, 2.75) is 25.1 Å². The number of nitrogens with one attached hydrogen (secondary N) is 2. The van der Waals surface area contributed by atoms with Gasteiger partial charge in [0.15, 0.2) is 5.82 Å². The topological polar surface area (TPSA) is 216 Å². The Bertz CT molecular complexity index is 2930. The van der Waals surface area contributed by atoms with Gasteiger partial charge in [0.25, 0.3) is 23.6 Å². The first-order chi connectivity index (χ1) is 33.0. The van der Waals surface area contributed by atoms with Crippen molar-refractivity contribution < 1.29 is 99.9 Å². The van der Waals surface area contributed by atoms with Crippen LogP contribution in [-0.2, 0) is 12.4 Å². The maximum Gasteiger partial charge on any atom is 0.573 e. The van der Waals surface area contributed by atoms with E-state index in [1.807, 2.05) is 0 Å². The minimum atomic E-state index is -5.16. The lowest BCUT2D eigenvalue weighted by Crippen LogP contribution is -2.19. The number of benzene rings is 4. The van der Waals surface area contributed by atoms with Crippen molar-refractivity contribution in [3.8, 4) is 40.2 Å². The lowest BCUT2D eigenvalue weighted by atomic mass is 10.1. The van der Waals surface area contributed by atoms with Crippen LogP contribution in [0.2, 0.25) is 0 Å². The molecule has 6 aromatic rings. The number of pyridine rings is 2. The van der Waals surface area contributed by atoms with E-state index in [-0.39, 0.29) is 34.3 Å². The molecule has 0 saturated heterocycles. The highest BCUT2D eigenvalue weighted by Crippen LogP contribution is 2.44. The van der Waals surface area contributed by atoms with Crippen molar-refractivity contribution in [3.05, 3.63) is 149 Å². The van der Waals surface area contributed by atoms with Crippen LogP contribution < -0.4 is 45.8 Å². The average molecular weight is 1020 g/mol. The van der Waals surface area contributed by atoms with E-state index < -0.39 is 106 Å². The highest BCUT2D eigenvalue weighted by atomic mass is 19.4. The van der Waals surface area contributed by atoms with E-state index in [1.54, 1.807) is 0 Å². The molecule has 28 heteroatoms. The van der Waals surface area contributed by atoms with Crippen molar-refractivity contribution >= 4 is 35.0 Å². The number of nitrogens with zero attached hydrogens (tertiary/aromatic N) is 2. The number of hydrogen-bond acceptors (Lipinski definition) is 11. The van der Waals surface area contributed by atoms with Crippen LogP contribution >= 0.6 is 0 Å². The SMILES string of the molecule is COc1c(C(F)(F)F)ccc(Oc2ccc(OC(F)(F)F)cc2)c1C(=O)Nc1ccnc(C(N)=O)c1.NC(=O)c1cc(NC(=O)c2c(Oc3ccc(OC(F)(F)F)cc3)ccc(C(F)(F)F)c2F)ccn1. The number of hydrogen-bond donors (Lipinski definition) is 4. The molecule has 0 fully saturated rings. The first-order valence-corrected chi connectivity index (χ1v) is 18.9. The predicted octanol–water partition coefficient (Wildman–Crippen LogP) is 10.4. The Morgan fingerprint density at radius 3 is 1.24 bits per heavy atom. The fraction of sp³-hybridized carbons (Fsp3) is 0.116. The number of aromatic nitrogens is 2. The number of carbonyl (C=O) groups excluding carboxylic acids is 4. The van der Waals surface area contributed by atoms with Crippen LogP contribution in [0.3, 0.4) is 0 Å². The second-order valence-electron chi connectivity index (χ2n) is 13.6. The first kappa shape index (κ1) is 53.1. The number of rotatable bonds is 13. The van der Waals surface area contributed by atoms with E-state index in [9.17, 15) is 76.3 Å². The van der Waals surface area contributed by atoms with Crippen LogP contribution in [0, 0.1) is 5.82 Å². The van der Waals surface area contributed by atoms with Crippen LogP contribution in [0.5, 0.6) is 40.2 Å². The number of nitrogens with two attached hydrogens (primary N) is 2. The summed E-state index contributed by atoms with van der Waals surface area (Å²) in [5.74, 6) is -9.87. The maximum absolute atomic E-state index is 14.9. The van der Waals surface area contributed by atoms with Crippen molar-refractivity contribution in [3.63, 3.8) is 0 Å². The quantitative estimate of drug-likeness (QED) is 0.0798. The summed E-state index contributed by atoms with van der Waals surface area (Å²) in [5, 5.41) is 4.42. The van der Waals surface area contributed by atoms with Gasteiger partial charge in [-0.05, 0) is 97.1 Å². The monoisotopic (exact) mass is 1020 g/mol.